The second-order valence-corrected chi connectivity index (χ2v) is 9.18. The topological polar surface area (TPSA) is 20.2 Å². The predicted octanol–water partition coefficient (Wildman–Crippen LogP) is 4.87. The molecule has 4 fully saturated rings. The van der Waals surface area contributed by atoms with Crippen LogP contribution in [-0.4, -0.2) is 16.9 Å². The Balaban J connectivity index is 1.77. The molecule has 0 aromatic carbocycles. The van der Waals surface area contributed by atoms with Crippen LogP contribution in [0.2, 0.25) is 0 Å². The van der Waals surface area contributed by atoms with Gasteiger partial charge in [-0.2, -0.15) is 0 Å². The largest absolute Gasteiger partial charge is 0.390 e. The summed E-state index contributed by atoms with van der Waals surface area (Å²) in [6, 6.07) is 0. The van der Waals surface area contributed by atoms with Crippen LogP contribution < -0.4 is 0 Å². The Morgan fingerprint density at radius 3 is 2.52 bits per heavy atom. The van der Waals surface area contributed by atoms with Gasteiger partial charge in [0.2, 0.25) is 0 Å². The fraction of sp³-hybridized carbons (Fsp3) is 1.00. The van der Waals surface area contributed by atoms with E-state index in [1.165, 1.54) is 38.5 Å². The van der Waals surface area contributed by atoms with E-state index in [9.17, 15) is 5.11 Å². The number of hydrogen-bond donors (Lipinski definition) is 1. The minimum absolute atomic E-state index is 0.119. The highest BCUT2D eigenvalue weighted by Crippen LogP contribution is 2.69. The Labute approximate surface area is 128 Å². The molecule has 0 aliphatic heterocycles. The first-order valence-corrected chi connectivity index (χ1v) is 9.29. The first kappa shape index (κ1) is 14.5. The fourth-order valence-electron chi connectivity index (χ4n) is 7.30. The van der Waals surface area contributed by atoms with Crippen molar-refractivity contribution in [1.29, 1.82) is 0 Å². The average molecular weight is 294 g/mol. The van der Waals surface area contributed by atoms with E-state index in [1.807, 2.05) is 0 Å². The van der Waals surface area contributed by atoms with E-state index >= 15 is 4.39 Å². The van der Waals surface area contributed by atoms with Gasteiger partial charge < -0.3 is 5.11 Å². The van der Waals surface area contributed by atoms with Crippen molar-refractivity contribution in [2.45, 2.75) is 89.8 Å². The van der Waals surface area contributed by atoms with Crippen molar-refractivity contribution >= 4 is 0 Å². The van der Waals surface area contributed by atoms with Gasteiger partial charge >= 0.3 is 0 Å². The van der Waals surface area contributed by atoms with Gasteiger partial charge in [-0.05, 0) is 68.1 Å². The van der Waals surface area contributed by atoms with Crippen molar-refractivity contribution < 1.29 is 9.50 Å². The van der Waals surface area contributed by atoms with Crippen molar-refractivity contribution in [1.82, 2.24) is 0 Å². The van der Waals surface area contributed by atoms with Gasteiger partial charge in [0.25, 0.3) is 0 Å². The monoisotopic (exact) mass is 294 g/mol. The molecule has 7 atom stereocenters. The number of aliphatic hydroxyl groups is 1. The molecule has 120 valence electrons. The number of rotatable bonds is 0. The molecule has 0 amide bonds. The summed E-state index contributed by atoms with van der Waals surface area (Å²) in [6.45, 7) is 4.51. The van der Waals surface area contributed by atoms with Crippen LogP contribution in [0.3, 0.4) is 0 Å². The Morgan fingerprint density at radius 2 is 1.71 bits per heavy atom. The lowest BCUT2D eigenvalue weighted by atomic mass is 9.43. The molecule has 1 N–H and O–H groups in total. The minimum Gasteiger partial charge on any atom is -0.390 e. The zero-order valence-corrected chi connectivity index (χ0v) is 13.7. The second kappa shape index (κ2) is 4.46. The lowest BCUT2D eigenvalue weighted by Crippen LogP contribution is -2.68. The van der Waals surface area contributed by atoms with Gasteiger partial charge in [-0.25, -0.2) is 4.39 Å². The summed E-state index contributed by atoms with van der Waals surface area (Å²) in [6.07, 6.45) is 10.4. The van der Waals surface area contributed by atoms with Crippen molar-refractivity contribution in [3.8, 4) is 0 Å². The first-order chi connectivity index (χ1) is 9.92. The second-order valence-electron chi connectivity index (χ2n) is 9.18. The molecule has 0 aromatic rings. The maximum Gasteiger partial charge on any atom is 0.145 e. The Bertz CT molecular complexity index is 437. The van der Waals surface area contributed by atoms with Gasteiger partial charge in [0.1, 0.15) is 5.67 Å². The van der Waals surface area contributed by atoms with Crippen LogP contribution in [0.5, 0.6) is 0 Å². The molecule has 0 bridgehead atoms. The quantitative estimate of drug-likeness (QED) is 0.675. The predicted molar refractivity (Wildman–Crippen MR) is 82.7 cm³/mol. The summed E-state index contributed by atoms with van der Waals surface area (Å²) in [4.78, 5) is 0. The van der Waals surface area contributed by atoms with Crippen LogP contribution >= 0.6 is 0 Å². The summed E-state index contributed by atoms with van der Waals surface area (Å²) in [5.74, 6) is 1.15. The molecule has 0 saturated heterocycles. The molecular weight excluding hydrogens is 263 g/mol. The molecule has 0 aromatic heterocycles. The third-order valence-electron chi connectivity index (χ3n) is 8.43. The van der Waals surface area contributed by atoms with Crippen molar-refractivity contribution in [3.63, 3.8) is 0 Å². The summed E-state index contributed by atoms with van der Waals surface area (Å²) in [5.41, 5.74) is -1.38. The van der Waals surface area contributed by atoms with E-state index < -0.39 is 11.8 Å². The van der Waals surface area contributed by atoms with Gasteiger partial charge in [-0.15, -0.1) is 0 Å². The third kappa shape index (κ3) is 1.66. The molecule has 4 aliphatic carbocycles. The summed E-state index contributed by atoms with van der Waals surface area (Å²) in [5, 5.41) is 10.9. The van der Waals surface area contributed by atoms with Crippen molar-refractivity contribution in [3.05, 3.63) is 0 Å². The van der Waals surface area contributed by atoms with Gasteiger partial charge in [-0.3, -0.25) is 0 Å². The molecule has 0 spiro atoms. The van der Waals surface area contributed by atoms with Crippen molar-refractivity contribution in [2.24, 2.45) is 28.6 Å². The van der Waals surface area contributed by atoms with Crippen LogP contribution in [0.25, 0.3) is 0 Å². The first-order valence-electron chi connectivity index (χ1n) is 9.29. The molecule has 1 unspecified atom stereocenters. The average Bonchev–Trinajstić information content (AvgIpc) is 2.81. The fourth-order valence-corrected chi connectivity index (χ4v) is 7.30. The van der Waals surface area contributed by atoms with Gasteiger partial charge in [0, 0.05) is 5.41 Å². The molecule has 0 radical (unpaired) electrons. The lowest BCUT2D eigenvalue weighted by molar-refractivity contribution is -0.240. The molecule has 1 nitrogen and oxygen atoms in total. The van der Waals surface area contributed by atoms with E-state index in [1.54, 1.807) is 0 Å². The molecular formula is C19H31FO. The summed E-state index contributed by atoms with van der Waals surface area (Å²) in [7, 11) is 0. The van der Waals surface area contributed by atoms with Crippen molar-refractivity contribution in [2.75, 3.05) is 0 Å². The minimum atomic E-state index is -1.31. The summed E-state index contributed by atoms with van der Waals surface area (Å²) < 4.78 is 16.5. The highest BCUT2D eigenvalue weighted by atomic mass is 19.1. The zero-order valence-electron chi connectivity index (χ0n) is 13.7. The standard InChI is InChI=1S/C19H31FO/c1-17-10-5-7-14(17)15-9-8-13-6-3-4-11-18(13,2)19(15,20)16(21)12-17/h13-16,21H,3-12H2,1-2H3/t13?,14-,15-,16-,17-,18-,19-/m0/s1. The number of aliphatic hydroxyl groups excluding tert-OH is 1. The maximum atomic E-state index is 16.5. The Morgan fingerprint density at radius 1 is 0.905 bits per heavy atom. The highest BCUT2D eigenvalue weighted by Gasteiger charge is 2.69. The van der Waals surface area contributed by atoms with Crippen LogP contribution in [0.4, 0.5) is 4.39 Å². The Hall–Kier alpha value is -0.110. The molecule has 0 heterocycles. The number of fused-ring (bicyclic) bond motifs is 5. The zero-order chi connectivity index (χ0) is 14.9. The molecule has 4 rings (SSSR count). The molecule has 4 saturated carbocycles. The van der Waals surface area contributed by atoms with Crippen LogP contribution in [0, 0.1) is 28.6 Å². The van der Waals surface area contributed by atoms with E-state index in [0.29, 0.717) is 18.3 Å². The van der Waals surface area contributed by atoms with Gasteiger partial charge in [0.15, 0.2) is 0 Å². The van der Waals surface area contributed by atoms with E-state index in [2.05, 4.69) is 13.8 Å². The normalized spacial score (nSPS) is 60.0. The van der Waals surface area contributed by atoms with Gasteiger partial charge in [-0.1, -0.05) is 33.1 Å². The maximum absolute atomic E-state index is 16.5. The third-order valence-corrected chi connectivity index (χ3v) is 8.43. The summed E-state index contributed by atoms with van der Waals surface area (Å²) >= 11 is 0. The van der Waals surface area contributed by atoms with Crippen LogP contribution in [-0.2, 0) is 0 Å². The van der Waals surface area contributed by atoms with Crippen LogP contribution in [0.15, 0.2) is 0 Å². The number of alkyl halides is 1. The molecule has 2 heteroatoms. The molecule has 4 aliphatic rings. The van der Waals surface area contributed by atoms with E-state index in [4.69, 9.17) is 0 Å². The number of hydrogen-bond acceptors (Lipinski definition) is 1. The molecule has 21 heavy (non-hydrogen) atoms. The van der Waals surface area contributed by atoms with Gasteiger partial charge in [0.05, 0.1) is 6.10 Å². The smallest absolute Gasteiger partial charge is 0.145 e. The van der Waals surface area contributed by atoms with E-state index in [-0.39, 0.29) is 16.7 Å². The number of halogens is 1. The highest BCUT2D eigenvalue weighted by molar-refractivity contribution is 5.18. The SMILES string of the molecule is C[C@@]12CCC[C@H]1[C@@H]1CCC3CCCC[C@]3(C)[C@@]1(F)[C@@H](O)C2. The van der Waals surface area contributed by atoms with Crippen LogP contribution in [0.1, 0.15) is 78.1 Å². The van der Waals surface area contributed by atoms with E-state index in [0.717, 1.165) is 19.3 Å². The Kier molecular flexibility index (Phi) is 3.08. The lowest BCUT2D eigenvalue weighted by Gasteiger charge is -2.64.